The second-order valence-electron chi connectivity index (χ2n) is 4.31. The maximum absolute atomic E-state index is 11.4. The number of furan rings is 1. The second-order valence-corrected chi connectivity index (χ2v) is 4.31. The summed E-state index contributed by atoms with van der Waals surface area (Å²) in [6.45, 7) is 5.61. The summed E-state index contributed by atoms with van der Waals surface area (Å²) in [6.07, 6.45) is 0.696. The van der Waals surface area contributed by atoms with Crippen molar-refractivity contribution >= 4 is 11.9 Å². The number of allylic oxidation sites excluding steroid dienone is 1. The highest BCUT2D eigenvalue weighted by Gasteiger charge is 2.28. The van der Waals surface area contributed by atoms with Crippen molar-refractivity contribution in [3.8, 4) is 0 Å². The molecule has 0 saturated carbocycles. The zero-order chi connectivity index (χ0) is 12.6. The van der Waals surface area contributed by atoms with E-state index in [9.17, 15) is 9.59 Å². The van der Waals surface area contributed by atoms with Crippen LogP contribution in [-0.2, 0) is 20.7 Å². The molecule has 1 aromatic heterocycles. The first-order valence-corrected chi connectivity index (χ1v) is 5.47. The lowest BCUT2D eigenvalue weighted by Gasteiger charge is -2.01. The molecule has 1 fully saturated rings. The zero-order valence-corrected chi connectivity index (χ0v) is 10.1. The second kappa shape index (κ2) is 4.20. The van der Waals surface area contributed by atoms with Gasteiger partial charge in [-0.1, -0.05) is 5.57 Å². The Morgan fingerprint density at radius 2 is 2.06 bits per heavy atom. The number of aryl methyl sites for hydroxylation is 2. The van der Waals surface area contributed by atoms with Gasteiger partial charge in [0, 0.05) is 5.57 Å². The van der Waals surface area contributed by atoms with E-state index < -0.39 is 11.9 Å². The van der Waals surface area contributed by atoms with E-state index in [1.54, 1.807) is 0 Å². The van der Waals surface area contributed by atoms with Crippen LogP contribution in [0.15, 0.2) is 21.6 Å². The SMILES string of the molecule is CC(Cc1cc(C)oc1C)=C1CC(=O)OC1=O. The number of cyclic esters (lactones) is 2. The summed E-state index contributed by atoms with van der Waals surface area (Å²) in [5.41, 5.74) is 2.39. The van der Waals surface area contributed by atoms with Crippen molar-refractivity contribution in [2.45, 2.75) is 33.6 Å². The molecule has 17 heavy (non-hydrogen) atoms. The summed E-state index contributed by atoms with van der Waals surface area (Å²) >= 11 is 0. The topological polar surface area (TPSA) is 56.5 Å². The number of ether oxygens (including phenoxy) is 1. The molecule has 2 heterocycles. The van der Waals surface area contributed by atoms with Crippen LogP contribution in [0.3, 0.4) is 0 Å². The van der Waals surface area contributed by atoms with Crippen LogP contribution >= 0.6 is 0 Å². The molecular weight excluding hydrogens is 220 g/mol. The Bertz CT molecular complexity index is 520. The number of carbonyl (C=O) groups excluding carboxylic acids is 2. The first-order chi connectivity index (χ1) is 7.97. The number of hydrogen-bond donors (Lipinski definition) is 0. The summed E-state index contributed by atoms with van der Waals surface area (Å²) in [7, 11) is 0. The van der Waals surface area contributed by atoms with Gasteiger partial charge < -0.3 is 9.15 Å². The Balaban J connectivity index is 2.24. The Kier molecular flexibility index (Phi) is 2.88. The number of carbonyl (C=O) groups is 2. The molecule has 0 amide bonds. The van der Waals surface area contributed by atoms with Crippen molar-refractivity contribution in [3.05, 3.63) is 34.3 Å². The third-order valence-electron chi connectivity index (χ3n) is 2.89. The molecule has 0 aromatic carbocycles. The lowest BCUT2D eigenvalue weighted by molar-refractivity contribution is -0.151. The van der Waals surface area contributed by atoms with Crippen LogP contribution in [0.5, 0.6) is 0 Å². The van der Waals surface area contributed by atoms with Gasteiger partial charge in [0.25, 0.3) is 0 Å². The molecular formula is C13H14O4. The van der Waals surface area contributed by atoms with Gasteiger partial charge in [0.1, 0.15) is 11.5 Å². The molecule has 0 atom stereocenters. The Morgan fingerprint density at radius 1 is 1.35 bits per heavy atom. The van der Waals surface area contributed by atoms with Gasteiger partial charge >= 0.3 is 11.9 Å². The van der Waals surface area contributed by atoms with Crippen LogP contribution in [0.4, 0.5) is 0 Å². The predicted molar refractivity (Wildman–Crippen MR) is 60.3 cm³/mol. The summed E-state index contributed by atoms with van der Waals surface area (Å²) in [4.78, 5) is 22.4. The van der Waals surface area contributed by atoms with Crippen molar-refractivity contribution in [2.75, 3.05) is 0 Å². The summed E-state index contributed by atoms with van der Waals surface area (Å²) in [5, 5.41) is 0. The third kappa shape index (κ3) is 2.30. The largest absolute Gasteiger partial charge is 0.466 e. The summed E-state index contributed by atoms with van der Waals surface area (Å²) in [6, 6.07) is 1.95. The normalized spacial score (nSPS) is 18.5. The van der Waals surface area contributed by atoms with Gasteiger partial charge in [0.05, 0.1) is 6.42 Å². The van der Waals surface area contributed by atoms with Crippen LogP contribution in [0.25, 0.3) is 0 Å². The number of esters is 2. The quantitative estimate of drug-likeness (QED) is 0.447. The van der Waals surface area contributed by atoms with E-state index in [1.807, 2.05) is 26.8 Å². The van der Waals surface area contributed by atoms with Crippen LogP contribution in [0.1, 0.15) is 30.4 Å². The highest BCUT2D eigenvalue weighted by molar-refractivity contribution is 6.06. The van der Waals surface area contributed by atoms with E-state index in [-0.39, 0.29) is 6.42 Å². The Morgan fingerprint density at radius 3 is 2.53 bits per heavy atom. The molecule has 0 aliphatic carbocycles. The molecule has 1 aliphatic rings. The van der Waals surface area contributed by atoms with E-state index in [4.69, 9.17) is 4.42 Å². The van der Waals surface area contributed by atoms with Crippen molar-refractivity contribution < 1.29 is 18.7 Å². The molecule has 0 bridgehead atoms. The van der Waals surface area contributed by atoms with Gasteiger partial charge in [0.15, 0.2) is 0 Å². The molecule has 4 heteroatoms. The van der Waals surface area contributed by atoms with Gasteiger partial charge in [-0.05, 0) is 38.8 Å². The Labute approximate surface area is 99.3 Å². The van der Waals surface area contributed by atoms with Gasteiger partial charge in [-0.2, -0.15) is 0 Å². The average molecular weight is 234 g/mol. The fourth-order valence-corrected chi connectivity index (χ4v) is 1.99. The van der Waals surface area contributed by atoms with Crippen LogP contribution < -0.4 is 0 Å². The van der Waals surface area contributed by atoms with E-state index in [2.05, 4.69) is 4.74 Å². The van der Waals surface area contributed by atoms with Crippen molar-refractivity contribution in [1.82, 2.24) is 0 Å². The average Bonchev–Trinajstić information content (AvgIpc) is 2.70. The summed E-state index contributed by atoms with van der Waals surface area (Å²) in [5.74, 6) is 0.718. The van der Waals surface area contributed by atoms with Gasteiger partial charge in [0.2, 0.25) is 0 Å². The molecule has 0 spiro atoms. The number of rotatable bonds is 2. The van der Waals surface area contributed by atoms with Crippen LogP contribution in [0.2, 0.25) is 0 Å². The van der Waals surface area contributed by atoms with Crippen molar-refractivity contribution in [3.63, 3.8) is 0 Å². The highest BCUT2D eigenvalue weighted by Crippen LogP contribution is 2.24. The fourth-order valence-electron chi connectivity index (χ4n) is 1.99. The van der Waals surface area contributed by atoms with E-state index in [0.29, 0.717) is 12.0 Å². The summed E-state index contributed by atoms with van der Waals surface area (Å²) < 4.78 is 9.93. The minimum Gasteiger partial charge on any atom is -0.466 e. The van der Waals surface area contributed by atoms with Gasteiger partial charge in [-0.15, -0.1) is 0 Å². The van der Waals surface area contributed by atoms with Crippen molar-refractivity contribution in [2.24, 2.45) is 0 Å². The maximum atomic E-state index is 11.4. The lowest BCUT2D eigenvalue weighted by Crippen LogP contribution is -2.00. The van der Waals surface area contributed by atoms with Crippen LogP contribution in [-0.4, -0.2) is 11.9 Å². The first-order valence-electron chi connectivity index (χ1n) is 5.47. The molecule has 2 rings (SSSR count). The molecule has 90 valence electrons. The molecule has 0 N–H and O–H groups in total. The smallest absolute Gasteiger partial charge is 0.342 e. The standard InChI is InChI=1S/C13H14O4/c1-7(11-6-12(14)17-13(11)15)4-10-5-8(2)16-9(10)3/h5H,4,6H2,1-3H3. The highest BCUT2D eigenvalue weighted by atomic mass is 16.6. The lowest BCUT2D eigenvalue weighted by atomic mass is 10.0. The number of hydrogen-bond acceptors (Lipinski definition) is 4. The third-order valence-corrected chi connectivity index (χ3v) is 2.89. The van der Waals surface area contributed by atoms with Gasteiger partial charge in [-0.3, -0.25) is 4.79 Å². The Hall–Kier alpha value is -1.84. The molecule has 1 aliphatic heterocycles. The van der Waals surface area contributed by atoms with Crippen molar-refractivity contribution in [1.29, 1.82) is 0 Å². The first kappa shape index (κ1) is 11.6. The molecule has 0 unspecified atom stereocenters. The molecule has 1 aromatic rings. The molecule has 0 radical (unpaired) electrons. The maximum Gasteiger partial charge on any atom is 0.342 e. The van der Waals surface area contributed by atoms with Gasteiger partial charge in [-0.25, -0.2) is 4.79 Å². The molecule has 1 saturated heterocycles. The van der Waals surface area contributed by atoms with Crippen LogP contribution in [0, 0.1) is 13.8 Å². The molecule has 4 nitrogen and oxygen atoms in total. The predicted octanol–water partition coefficient (Wildman–Crippen LogP) is 2.23. The minimum atomic E-state index is -0.509. The van der Waals surface area contributed by atoms with E-state index >= 15 is 0 Å². The zero-order valence-electron chi connectivity index (χ0n) is 10.1. The fraction of sp³-hybridized carbons (Fsp3) is 0.385. The monoisotopic (exact) mass is 234 g/mol. The van der Waals surface area contributed by atoms with E-state index in [0.717, 1.165) is 22.7 Å². The van der Waals surface area contributed by atoms with E-state index in [1.165, 1.54) is 0 Å². The minimum absolute atomic E-state index is 0.0839.